The lowest BCUT2D eigenvalue weighted by Crippen LogP contribution is -2.50. The van der Waals surface area contributed by atoms with Gasteiger partial charge in [0.25, 0.3) is 0 Å². The van der Waals surface area contributed by atoms with Crippen molar-refractivity contribution in [2.45, 2.75) is 77.3 Å². The molecule has 0 N–H and O–H groups in total. The van der Waals surface area contributed by atoms with Crippen LogP contribution in [0.1, 0.15) is 44.1 Å². The summed E-state index contributed by atoms with van der Waals surface area (Å²) < 4.78 is 30.0. The molecule has 0 saturated carbocycles. The van der Waals surface area contributed by atoms with Crippen molar-refractivity contribution in [1.82, 2.24) is 0 Å². The van der Waals surface area contributed by atoms with Gasteiger partial charge in [-0.1, -0.05) is 43.5 Å². The van der Waals surface area contributed by atoms with E-state index in [0.29, 0.717) is 5.56 Å². The van der Waals surface area contributed by atoms with Crippen LogP contribution in [-0.2, 0) is 18.3 Å². The monoisotopic (exact) mass is 597 g/mol. The van der Waals surface area contributed by atoms with E-state index >= 15 is 0 Å². The smallest absolute Gasteiger partial charge is 0.173 e. The van der Waals surface area contributed by atoms with Crippen LogP contribution in [0.2, 0.25) is 38.8 Å². The standard InChI is InChI=1S/C33H51NO5Si2/c1-40(2,3)39-41(4,5)23-11-21-36-26-33(27-37-28-33)25-35-20-9-7-6-8-10-22-38-32-18-16-31(17-19-32)30-14-12-29(24-34)13-15-30/h12-19H,6-11,20-23,25-28H2,1-5H3. The summed E-state index contributed by atoms with van der Waals surface area (Å²) in [6, 6.07) is 19.1. The zero-order chi connectivity index (χ0) is 29.6. The number of ether oxygens (including phenoxy) is 4. The Morgan fingerprint density at radius 2 is 1.27 bits per heavy atom. The molecule has 0 radical (unpaired) electrons. The first-order chi connectivity index (χ1) is 19.6. The third kappa shape index (κ3) is 12.8. The summed E-state index contributed by atoms with van der Waals surface area (Å²) in [6.07, 6.45) is 6.75. The molecule has 6 nitrogen and oxygen atoms in total. The maximum atomic E-state index is 8.95. The first-order valence-corrected chi connectivity index (χ1v) is 21.8. The Morgan fingerprint density at radius 3 is 1.80 bits per heavy atom. The minimum atomic E-state index is -1.59. The van der Waals surface area contributed by atoms with Gasteiger partial charge in [0.05, 0.1) is 50.1 Å². The Kier molecular flexibility index (Phi) is 13.6. The number of hydrogen-bond acceptors (Lipinski definition) is 6. The first-order valence-electron chi connectivity index (χ1n) is 15.3. The van der Waals surface area contributed by atoms with Gasteiger partial charge < -0.3 is 23.1 Å². The normalized spacial score (nSPS) is 14.8. The van der Waals surface area contributed by atoms with Crippen LogP contribution in [0.4, 0.5) is 0 Å². The van der Waals surface area contributed by atoms with Crippen LogP contribution >= 0.6 is 0 Å². The maximum absolute atomic E-state index is 8.95. The topological polar surface area (TPSA) is 69.9 Å². The second kappa shape index (κ2) is 16.6. The van der Waals surface area contributed by atoms with Gasteiger partial charge >= 0.3 is 0 Å². The predicted molar refractivity (Wildman–Crippen MR) is 171 cm³/mol. The van der Waals surface area contributed by atoms with E-state index in [-0.39, 0.29) is 5.41 Å². The van der Waals surface area contributed by atoms with Crippen molar-refractivity contribution in [1.29, 1.82) is 5.26 Å². The molecule has 3 rings (SSSR count). The number of benzene rings is 2. The Hall–Kier alpha value is -2.00. The molecule has 1 fully saturated rings. The zero-order valence-corrected chi connectivity index (χ0v) is 28.0. The SMILES string of the molecule is C[Si](C)(C)O[Si](C)(C)CCCOCC1(COCCCCCCCOc2ccc(-c3ccc(C#N)cc3)cc2)COC1. The van der Waals surface area contributed by atoms with E-state index in [0.717, 1.165) is 94.9 Å². The van der Waals surface area contributed by atoms with E-state index in [1.807, 2.05) is 36.4 Å². The summed E-state index contributed by atoms with van der Waals surface area (Å²) in [4.78, 5) is 0. The van der Waals surface area contributed by atoms with Crippen molar-refractivity contribution in [3.05, 3.63) is 54.1 Å². The molecule has 1 heterocycles. The fourth-order valence-corrected chi connectivity index (χ4v) is 13.2. The number of nitriles is 1. The van der Waals surface area contributed by atoms with Crippen molar-refractivity contribution >= 4 is 16.6 Å². The molecule has 0 amide bonds. The Morgan fingerprint density at radius 1 is 0.732 bits per heavy atom. The molecule has 0 bridgehead atoms. The molecule has 1 aliphatic heterocycles. The average Bonchev–Trinajstić information content (AvgIpc) is 2.91. The molecule has 0 aliphatic carbocycles. The van der Waals surface area contributed by atoms with E-state index < -0.39 is 16.6 Å². The average molecular weight is 598 g/mol. The van der Waals surface area contributed by atoms with Crippen LogP contribution in [0, 0.1) is 16.7 Å². The highest BCUT2D eigenvalue weighted by atomic mass is 28.4. The van der Waals surface area contributed by atoms with Gasteiger partial charge in [-0.2, -0.15) is 5.26 Å². The van der Waals surface area contributed by atoms with E-state index in [9.17, 15) is 0 Å². The largest absolute Gasteiger partial charge is 0.494 e. The Balaban J connectivity index is 1.17. The second-order valence-electron chi connectivity index (χ2n) is 13.0. The van der Waals surface area contributed by atoms with Crippen molar-refractivity contribution in [3.63, 3.8) is 0 Å². The quantitative estimate of drug-likeness (QED) is 0.114. The highest BCUT2D eigenvalue weighted by Gasteiger charge is 2.39. The maximum Gasteiger partial charge on any atom is 0.173 e. The summed E-state index contributed by atoms with van der Waals surface area (Å²) in [6.45, 7) is 16.7. The number of hydrogen-bond donors (Lipinski definition) is 0. The van der Waals surface area contributed by atoms with Crippen LogP contribution in [0.5, 0.6) is 5.75 Å². The van der Waals surface area contributed by atoms with Gasteiger partial charge in [0, 0.05) is 13.2 Å². The minimum Gasteiger partial charge on any atom is -0.494 e. The molecule has 2 aromatic rings. The molecular formula is C33H51NO5Si2. The first kappa shape index (κ1) is 33.5. The minimum absolute atomic E-state index is 0.0410. The highest BCUT2D eigenvalue weighted by Crippen LogP contribution is 2.29. The molecule has 0 atom stereocenters. The number of nitrogens with zero attached hydrogens (tertiary/aromatic N) is 1. The van der Waals surface area contributed by atoms with Gasteiger partial charge in [-0.15, -0.1) is 0 Å². The van der Waals surface area contributed by atoms with Gasteiger partial charge in [-0.05, 0) is 93.4 Å². The fraction of sp³-hybridized carbons (Fsp3) is 0.606. The molecule has 1 saturated heterocycles. The molecule has 1 aliphatic rings. The molecule has 41 heavy (non-hydrogen) atoms. The summed E-state index contributed by atoms with van der Waals surface area (Å²) >= 11 is 0. The van der Waals surface area contributed by atoms with E-state index in [1.54, 1.807) is 0 Å². The van der Waals surface area contributed by atoms with Gasteiger partial charge in [0.1, 0.15) is 5.75 Å². The fourth-order valence-electron chi connectivity index (χ4n) is 5.16. The van der Waals surface area contributed by atoms with Gasteiger partial charge in [0.15, 0.2) is 16.6 Å². The van der Waals surface area contributed by atoms with Crippen LogP contribution in [0.3, 0.4) is 0 Å². The van der Waals surface area contributed by atoms with Crippen LogP contribution < -0.4 is 4.74 Å². The van der Waals surface area contributed by atoms with Crippen LogP contribution in [0.15, 0.2) is 48.5 Å². The summed E-state index contributed by atoms with van der Waals surface area (Å²) in [5, 5.41) is 8.95. The van der Waals surface area contributed by atoms with E-state index in [2.05, 4.69) is 50.9 Å². The molecule has 8 heteroatoms. The third-order valence-electron chi connectivity index (χ3n) is 7.19. The van der Waals surface area contributed by atoms with Gasteiger partial charge in [0.2, 0.25) is 0 Å². The summed E-state index contributed by atoms with van der Waals surface area (Å²) in [5.74, 6) is 0.899. The molecule has 0 aromatic heterocycles. The van der Waals surface area contributed by atoms with Gasteiger partial charge in [-0.3, -0.25) is 0 Å². The van der Waals surface area contributed by atoms with Crippen molar-refractivity contribution in [2.75, 3.05) is 46.2 Å². The molecule has 0 spiro atoms. The van der Waals surface area contributed by atoms with E-state index in [1.165, 1.54) is 12.8 Å². The summed E-state index contributed by atoms with van der Waals surface area (Å²) in [7, 11) is -3.06. The lowest BCUT2D eigenvalue weighted by Gasteiger charge is -2.40. The molecule has 0 unspecified atom stereocenters. The van der Waals surface area contributed by atoms with Crippen molar-refractivity contribution in [2.24, 2.45) is 5.41 Å². The third-order valence-corrected chi connectivity index (χ3v) is 13.4. The Labute approximate surface area is 250 Å². The van der Waals surface area contributed by atoms with Crippen molar-refractivity contribution in [3.8, 4) is 22.9 Å². The zero-order valence-electron chi connectivity index (χ0n) is 26.0. The van der Waals surface area contributed by atoms with Crippen LogP contribution in [0.25, 0.3) is 11.1 Å². The molecular weight excluding hydrogens is 547 g/mol. The summed E-state index contributed by atoms with van der Waals surface area (Å²) in [5.41, 5.74) is 2.94. The van der Waals surface area contributed by atoms with Gasteiger partial charge in [-0.25, -0.2) is 0 Å². The highest BCUT2D eigenvalue weighted by molar-refractivity contribution is 6.84. The second-order valence-corrected chi connectivity index (χ2v) is 22.1. The van der Waals surface area contributed by atoms with E-state index in [4.69, 9.17) is 28.3 Å². The molecule has 226 valence electrons. The van der Waals surface area contributed by atoms with Crippen molar-refractivity contribution < 1.29 is 23.1 Å². The van der Waals surface area contributed by atoms with Crippen LogP contribution in [-0.4, -0.2) is 62.9 Å². The lowest BCUT2D eigenvalue weighted by molar-refractivity contribution is -0.177. The predicted octanol–water partition coefficient (Wildman–Crippen LogP) is 8.05. The lowest BCUT2D eigenvalue weighted by atomic mass is 9.88. The Bertz CT molecular complexity index is 1060. The molecule has 2 aromatic carbocycles. The number of rotatable bonds is 20. The number of unbranched alkanes of at least 4 members (excludes halogenated alkanes) is 4.